The first-order valence-corrected chi connectivity index (χ1v) is 20.5. The van der Waals surface area contributed by atoms with Crippen molar-refractivity contribution in [3.63, 3.8) is 0 Å². The summed E-state index contributed by atoms with van der Waals surface area (Å²) >= 11 is 0. The normalized spacial score (nSPS) is 11.9. The van der Waals surface area contributed by atoms with Crippen molar-refractivity contribution in [2.45, 2.75) is 26.2 Å². The molecule has 0 atom stereocenters. The molecule has 5 nitrogen and oxygen atoms in total. The minimum absolute atomic E-state index is 0.388. The summed E-state index contributed by atoms with van der Waals surface area (Å²) in [6.45, 7) is 6.54. The number of hydrogen-bond acceptors (Lipinski definition) is 3. The standard InChI is InChI=1S/C55H41N5/c1-55(2,3)54-57-52(44-34-38(36-18-6-4-7-19-36)30-32-50(44)59-46-26-14-10-22-40(46)41-23-11-15-27-47(41)59)56-53(58-54)45-35-39(37-20-8-5-9-21-37)31-33-51(45)60-48-28-16-12-24-42(48)43-25-13-17-29-49(43)60/h4-35H,1-3H3. The lowest BCUT2D eigenvalue weighted by Crippen LogP contribution is -2.18. The van der Waals surface area contributed by atoms with Crippen LogP contribution in [0.4, 0.5) is 0 Å². The summed E-state index contributed by atoms with van der Waals surface area (Å²) in [6, 6.07) is 69.1. The monoisotopic (exact) mass is 771 g/mol. The van der Waals surface area contributed by atoms with Gasteiger partial charge < -0.3 is 9.13 Å². The number of hydrogen-bond donors (Lipinski definition) is 0. The molecule has 5 heteroatoms. The van der Waals surface area contributed by atoms with Crippen LogP contribution >= 0.6 is 0 Å². The van der Waals surface area contributed by atoms with Crippen molar-refractivity contribution in [1.82, 2.24) is 24.1 Å². The fourth-order valence-corrected chi connectivity index (χ4v) is 8.76. The van der Waals surface area contributed by atoms with Crippen LogP contribution in [0.1, 0.15) is 26.6 Å². The zero-order chi connectivity index (χ0) is 40.4. The first-order chi connectivity index (χ1) is 29.4. The quantitative estimate of drug-likeness (QED) is 0.169. The molecule has 0 amide bonds. The maximum absolute atomic E-state index is 5.57. The van der Waals surface area contributed by atoms with Gasteiger partial charge in [-0.2, -0.15) is 0 Å². The second kappa shape index (κ2) is 14.0. The number of rotatable bonds is 6. The lowest BCUT2D eigenvalue weighted by molar-refractivity contribution is 0.543. The number of aromatic nitrogens is 5. The molecule has 0 saturated carbocycles. The van der Waals surface area contributed by atoms with Crippen molar-refractivity contribution in [3.05, 3.63) is 200 Å². The van der Waals surface area contributed by atoms with Gasteiger partial charge >= 0.3 is 0 Å². The average Bonchev–Trinajstić information content (AvgIpc) is 3.82. The second-order valence-corrected chi connectivity index (χ2v) is 16.5. The maximum Gasteiger partial charge on any atom is 0.165 e. The lowest BCUT2D eigenvalue weighted by atomic mass is 9.95. The maximum atomic E-state index is 5.57. The number of para-hydroxylation sites is 4. The van der Waals surface area contributed by atoms with Crippen molar-refractivity contribution < 1.29 is 0 Å². The molecule has 0 radical (unpaired) electrons. The Labute approximate surface area is 348 Å². The average molecular weight is 772 g/mol. The predicted octanol–water partition coefficient (Wildman–Crippen LogP) is 14.0. The zero-order valence-corrected chi connectivity index (χ0v) is 33.7. The van der Waals surface area contributed by atoms with Crippen LogP contribution in [-0.4, -0.2) is 24.1 Å². The van der Waals surface area contributed by atoms with E-state index in [4.69, 9.17) is 15.0 Å². The van der Waals surface area contributed by atoms with E-state index in [1.165, 1.54) is 21.5 Å². The molecule has 3 aromatic heterocycles. The Kier molecular flexibility index (Phi) is 8.31. The van der Waals surface area contributed by atoms with Crippen LogP contribution in [-0.2, 0) is 5.41 Å². The van der Waals surface area contributed by atoms with Crippen molar-refractivity contribution in [2.75, 3.05) is 0 Å². The smallest absolute Gasteiger partial charge is 0.165 e. The molecule has 11 aromatic rings. The molecule has 11 rings (SSSR count). The van der Waals surface area contributed by atoms with E-state index in [9.17, 15) is 0 Å². The highest BCUT2D eigenvalue weighted by Gasteiger charge is 2.26. The van der Waals surface area contributed by atoms with Crippen molar-refractivity contribution in [3.8, 4) is 56.4 Å². The van der Waals surface area contributed by atoms with Gasteiger partial charge in [-0.1, -0.05) is 166 Å². The molecule has 0 bridgehead atoms. The minimum atomic E-state index is -0.388. The second-order valence-electron chi connectivity index (χ2n) is 16.5. The summed E-state index contributed by atoms with van der Waals surface area (Å²) in [4.78, 5) is 16.4. The first-order valence-electron chi connectivity index (χ1n) is 20.5. The minimum Gasteiger partial charge on any atom is -0.309 e. The van der Waals surface area contributed by atoms with E-state index in [2.05, 4.69) is 224 Å². The van der Waals surface area contributed by atoms with E-state index in [0.717, 1.165) is 72.6 Å². The lowest BCUT2D eigenvalue weighted by Gasteiger charge is -2.21. The Morgan fingerprint density at radius 3 is 1.02 bits per heavy atom. The number of fused-ring (bicyclic) bond motifs is 6. The molecule has 0 aliphatic carbocycles. The largest absolute Gasteiger partial charge is 0.309 e. The van der Waals surface area contributed by atoms with Gasteiger partial charge in [0, 0.05) is 38.1 Å². The van der Waals surface area contributed by atoms with Gasteiger partial charge in [0.25, 0.3) is 0 Å². The van der Waals surface area contributed by atoms with Gasteiger partial charge in [0.1, 0.15) is 5.82 Å². The molecule has 8 aromatic carbocycles. The summed E-state index contributed by atoms with van der Waals surface area (Å²) in [6.07, 6.45) is 0. The van der Waals surface area contributed by atoms with E-state index < -0.39 is 0 Å². The van der Waals surface area contributed by atoms with E-state index >= 15 is 0 Å². The summed E-state index contributed by atoms with van der Waals surface area (Å²) < 4.78 is 4.74. The van der Waals surface area contributed by atoms with Crippen LogP contribution in [0.5, 0.6) is 0 Å². The molecule has 0 unspecified atom stereocenters. The van der Waals surface area contributed by atoms with Gasteiger partial charge in [-0.15, -0.1) is 0 Å². The molecule has 60 heavy (non-hydrogen) atoms. The molecule has 0 aliphatic rings. The Morgan fingerprint density at radius 1 is 0.333 bits per heavy atom. The van der Waals surface area contributed by atoms with Crippen molar-refractivity contribution >= 4 is 43.6 Å². The highest BCUT2D eigenvalue weighted by molar-refractivity contribution is 6.11. The summed E-state index contributed by atoms with van der Waals surface area (Å²) in [7, 11) is 0. The third-order valence-corrected chi connectivity index (χ3v) is 11.6. The number of nitrogens with zero attached hydrogens (tertiary/aromatic N) is 5. The molecule has 3 heterocycles. The van der Waals surface area contributed by atoms with Crippen LogP contribution in [0.15, 0.2) is 194 Å². The Morgan fingerprint density at radius 2 is 0.667 bits per heavy atom. The molecule has 0 spiro atoms. The molecule has 0 N–H and O–H groups in total. The summed E-state index contributed by atoms with van der Waals surface area (Å²) in [5, 5.41) is 4.80. The Bertz CT molecular complexity index is 3080. The van der Waals surface area contributed by atoms with Gasteiger partial charge in [0.2, 0.25) is 0 Å². The fraction of sp³-hybridized carbons (Fsp3) is 0.0727. The van der Waals surface area contributed by atoms with E-state index in [0.29, 0.717) is 11.6 Å². The van der Waals surface area contributed by atoms with Crippen molar-refractivity contribution in [1.29, 1.82) is 0 Å². The van der Waals surface area contributed by atoms with Crippen molar-refractivity contribution in [2.24, 2.45) is 0 Å². The predicted molar refractivity (Wildman–Crippen MR) is 249 cm³/mol. The molecule has 0 saturated heterocycles. The zero-order valence-electron chi connectivity index (χ0n) is 33.7. The molecular weight excluding hydrogens is 731 g/mol. The van der Waals surface area contributed by atoms with E-state index in [1.807, 2.05) is 0 Å². The topological polar surface area (TPSA) is 48.5 Å². The SMILES string of the molecule is CC(C)(C)c1nc(-c2cc(-c3ccccc3)ccc2-n2c3ccccc3c3ccccc32)nc(-c2cc(-c3ccccc3)ccc2-n2c3ccccc3c3ccccc32)n1. The van der Waals surface area contributed by atoms with Crippen LogP contribution in [0.2, 0.25) is 0 Å². The van der Waals surface area contributed by atoms with Gasteiger partial charge in [-0.05, 0) is 70.8 Å². The molecule has 0 aliphatic heterocycles. The van der Waals surface area contributed by atoms with Gasteiger partial charge in [0.05, 0.1) is 33.4 Å². The molecule has 286 valence electrons. The third-order valence-electron chi connectivity index (χ3n) is 11.6. The number of benzene rings is 8. The summed E-state index contributed by atoms with van der Waals surface area (Å²) in [5.74, 6) is 1.97. The highest BCUT2D eigenvalue weighted by Crippen LogP contribution is 2.41. The Balaban J connectivity index is 1.23. The van der Waals surface area contributed by atoms with E-state index in [-0.39, 0.29) is 5.41 Å². The molecule has 0 fully saturated rings. The van der Waals surface area contributed by atoms with Gasteiger partial charge in [0.15, 0.2) is 11.6 Å². The Hall–Kier alpha value is -7.63. The van der Waals surface area contributed by atoms with Crippen LogP contribution in [0, 0.1) is 0 Å². The fourth-order valence-electron chi connectivity index (χ4n) is 8.76. The molecular formula is C55H41N5. The first kappa shape index (κ1) is 35.5. The van der Waals surface area contributed by atoms with Crippen LogP contribution < -0.4 is 0 Å². The van der Waals surface area contributed by atoms with E-state index in [1.54, 1.807) is 0 Å². The highest BCUT2D eigenvalue weighted by atomic mass is 15.1. The van der Waals surface area contributed by atoms with Crippen LogP contribution in [0.3, 0.4) is 0 Å². The third kappa shape index (κ3) is 5.89. The van der Waals surface area contributed by atoms with Crippen LogP contribution in [0.25, 0.3) is 100 Å². The summed E-state index contributed by atoms with van der Waals surface area (Å²) in [5.41, 5.74) is 12.4. The van der Waals surface area contributed by atoms with Gasteiger partial charge in [-0.3, -0.25) is 0 Å². The van der Waals surface area contributed by atoms with Gasteiger partial charge in [-0.25, -0.2) is 15.0 Å².